The van der Waals surface area contributed by atoms with Crippen LogP contribution in [0, 0.1) is 0 Å². The van der Waals surface area contributed by atoms with Crippen molar-refractivity contribution < 1.29 is 4.52 Å². The number of aryl methyl sites for hydroxylation is 1. The van der Waals surface area contributed by atoms with Crippen LogP contribution in [0.5, 0.6) is 0 Å². The van der Waals surface area contributed by atoms with E-state index in [-0.39, 0.29) is 0 Å². The molecule has 0 unspecified atom stereocenters. The maximum atomic E-state index is 5.49. The van der Waals surface area contributed by atoms with Gasteiger partial charge >= 0.3 is 0 Å². The predicted molar refractivity (Wildman–Crippen MR) is 94.8 cm³/mol. The zero-order valence-corrected chi connectivity index (χ0v) is 14.7. The lowest BCUT2D eigenvalue weighted by Gasteiger charge is -2.22. The van der Waals surface area contributed by atoms with E-state index < -0.39 is 0 Å². The summed E-state index contributed by atoms with van der Waals surface area (Å²) < 4.78 is 5.49. The molecule has 0 amide bonds. The maximum Gasteiger partial charge on any atom is 0.137 e. The SMILES string of the molecule is CCCc1cc([C@@H]2CCCN2Cc2cn[nH]c2-c2cccs2)no1. The van der Waals surface area contributed by atoms with Gasteiger partial charge in [-0.15, -0.1) is 11.3 Å². The molecule has 0 saturated carbocycles. The zero-order chi connectivity index (χ0) is 16.4. The highest BCUT2D eigenvalue weighted by molar-refractivity contribution is 7.13. The van der Waals surface area contributed by atoms with Crippen LogP contribution in [0.4, 0.5) is 0 Å². The summed E-state index contributed by atoms with van der Waals surface area (Å²) in [4.78, 5) is 3.74. The molecule has 4 heterocycles. The minimum Gasteiger partial charge on any atom is -0.361 e. The van der Waals surface area contributed by atoms with Gasteiger partial charge < -0.3 is 4.52 Å². The van der Waals surface area contributed by atoms with E-state index >= 15 is 0 Å². The predicted octanol–water partition coefficient (Wildman–Crippen LogP) is 4.42. The Morgan fingerprint density at radius 2 is 2.42 bits per heavy atom. The van der Waals surface area contributed by atoms with Gasteiger partial charge in [-0.1, -0.05) is 18.1 Å². The largest absolute Gasteiger partial charge is 0.361 e. The zero-order valence-electron chi connectivity index (χ0n) is 13.9. The number of H-pyrrole nitrogens is 1. The highest BCUT2D eigenvalue weighted by atomic mass is 32.1. The van der Waals surface area contributed by atoms with Crippen molar-refractivity contribution in [2.45, 2.75) is 45.2 Å². The van der Waals surface area contributed by atoms with Crippen molar-refractivity contribution >= 4 is 11.3 Å². The first-order valence-corrected chi connectivity index (χ1v) is 9.48. The molecule has 24 heavy (non-hydrogen) atoms. The molecule has 3 aromatic rings. The van der Waals surface area contributed by atoms with Crippen molar-refractivity contribution in [3.05, 3.63) is 46.8 Å². The average molecular weight is 342 g/mol. The summed E-state index contributed by atoms with van der Waals surface area (Å²) in [5.74, 6) is 1.00. The molecule has 5 nitrogen and oxygen atoms in total. The van der Waals surface area contributed by atoms with Crippen molar-refractivity contribution in [2.75, 3.05) is 6.54 Å². The van der Waals surface area contributed by atoms with Crippen LogP contribution >= 0.6 is 11.3 Å². The minimum absolute atomic E-state index is 0.352. The summed E-state index contributed by atoms with van der Waals surface area (Å²) >= 11 is 1.74. The van der Waals surface area contributed by atoms with Crippen LogP contribution in [-0.2, 0) is 13.0 Å². The molecule has 0 radical (unpaired) electrons. The molecule has 1 aliphatic heterocycles. The summed E-state index contributed by atoms with van der Waals surface area (Å²) in [6, 6.07) is 6.71. The molecule has 4 rings (SSSR count). The fourth-order valence-electron chi connectivity index (χ4n) is 3.48. The quantitative estimate of drug-likeness (QED) is 0.720. The number of hydrogen-bond acceptors (Lipinski definition) is 5. The lowest BCUT2D eigenvalue weighted by atomic mass is 10.1. The van der Waals surface area contributed by atoms with Gasteiger partial charge in [0.1, 0.15) is 11.5 Å². The van der Waals surface area contributed by atoms with E-state index in [2.05, 4.69) is 50.8 Å². The topological polar surface area (TPSA) is 58.0 Å². The van der Waals surface area contributed by atoms with Gasteiger partial charge in [-0.3, -0.25) is 10.00 Å². The van der Waals surface area contributed by atoms with Crippen molar-refractivity contribution in [2.24, 2.45) is 0 Å². The number of likely N-dealkylation sites (tertiary alicyclic amines) is 1. The molecule has 1 saturated heterocycles. The first-order valence-electron chi connectivity index (χ1n) is 8.61. The van der Waals surface area contributed by atoms with Gasteiger partial charge in [-0.05, 0) is 37.3 Å². The van der Waals surface area contributed by atoms with Crippen LogP contribution in [0.3, 0.4) is 0 Å². The van der Waals surface area contributed by atoms with Crippen LogP contribution < -0.4 is 0 Å². The van der Waals surface area contributed by atoms with Gasteiger partial charge in [0.25, 0.3) is 0 Å². The van der Waals surface area contributed by atoms with Crippen LogP contribution in [-0.4, -0.2) is 26.8 Å². The van der Waals surface area contributed by atoms with Crippen LogP contribution in [0.25, 0.3) is 10.6 Å². The first-order chi connectivity index (χ1) is 11.8. The Morgan fingerprint density at radius 3 is 3.25 bits per heavy atom. The normalized spacial score (nSPS) is 18.5. The Bertz CT molecular complexity index is 777. The Morgan fingerprint density at radius 1 is 1.46 bits per heavy atom. The number of aromatic amines is 1. The summed E-state index contributed by atoms with van der Waals surface area (Å²) in [6.07, 6.45) is 6.35. The van der Waals surface area contributed by atoms with Crippen molar-refractivity contribution in [3.8, 4) is 10.6 Å². The van der Waals surface area contributed by atoms with Crippen molar-refractivity contribution in [3.63, 3.8) is 0 Å². The van der Waals surface area contributed by atoms with E-state index in [0.29, 0.717) is 6.04 Å². The van der Waals surface area contributed by atoms with Crippen LogP contribution in [0.1, 0.15) is 49.2 Å². The van der Waals surface area contributed by atoms with Gasteiger partial charge in [0.05, 0.1) is 22.8 Å². The second-order valence-electron chi connectivity index (χ2n) is 6.34. The van der Waals surface area contributed by atoms with Gasteiger partial charge in [-0.2, -0.15) is 5.10 Å². The number of nitrogens with zero attached hydrogens (tertiary/aromatic N) is 3. The van der Waals surface area contributed by atoms with E-state index in [0.717, 1.165) is 49.5 Å². The van der Waals surface area contributed by atoms with E-state index in [1.54, 1.807) is 11.3 Å². The molecular formula is C18H22N4OS. The monoisotopic (exact) mass is 342 g/mol. The molecule has 126 valence electrons. The van der Waals surface area contributed by atoms with Gasteiger partial charge in [-0.25, -0.2) is 0 Å². The maximum absolute atomic E-state index is 5.49. The molecule has 3 aromatic heterocycles. The molecule has 1 N–H and O–H groups in total. The average Bonchev–Trinajstić information content (AvgIpc) is 3.36. The lowest BCUT2D eigenvalue weighted by Crippen LogP contribution is -2.23. The van der Waals surface area contributed by atoms with E-state index in [1.807, 2.05) is 6.20 Å². The van der Waals surface area contributed by atoms with E-state index in [9.17, 15) is 0 Å². The van der Waals surface area contributed by atoms with E-state index in [4.69, 9.17) is 4.52 Å². The highest BCUT2D eigenvalue weighted by Gasteiger charge is 2.29. The molecule has 0 aliphatic carbocycles. The van der Waals surface area contributed by atoms with Crippen LogP contribution in [0.15, 0.2) is 34.3 Å². The Kier molecular flexibility index (Phi) is 4.49. The third-order valence-corrected chi connectivity index (χ3v) is 5.52. The van der Waals surface area contributed by atoms with Crippen molar-refractivity contribution in [1.82, 2.24) is 20.3 Å². The second-order valence-corrected chi connectivity index (χ2v) is 7.29. The summed E-state index contributed by atoms with van der Waals surface area (Å²) in [6.45, 7) is 4.15. The highest BCUT2D eigenvalue weighted by Crippen LogP contribution is 2.35. The smallest absolute Gasteiger partial charge is 0.137 e. The fourth-order valence-corrected chi connectivity index (χ4v) is 4.24. The van der Waals surface area contributed by atoms with E-state index in [1.165, 1.54) is 16.9 Å². The molecular weight excluding hydrogens is 320 g/mol. The molecule has 1 fully saturated rings. The Balaban J connectivity index is 1.52. The molecule has 0 aromatic carbocycles. The Labute approximate surface area is 145 Å². The molecule has 0 bridgehead atoms. The molecule has 6 heteroatoms. The summed E-state index contributed by atoms with van der Waals surface area (Å²) in [5.41, 5.74) is 3.47. The van der Waals surface area contributed by atoms with Crippen LogP contribution in [0.2, 0.25) is 0 Å². The summed E-state index contributed by atoms with van der Waals surface area (Å²) in [5, 5.41) is 13.9. The number of rotatable bonds is 6. The number of nitrogens with one attached hydrogen (secondary N) is 1. The minimum atomic E-state index is 0.352. The molecule has 0 spiro atoms. The fraction of sp³-hybridized carbons (Fsp3) is 0.444. The Hall–Kier alpha value is -1.92. The van der Waals surface area contributed by atoms with Gasteiger partial charge in [0.15, 0.2) is 0 Å². The second kappa shape index (κ2) is 6.91. The number of aromatic nitrogens is 3. The van der Waals surface area contributed by atoms with Gasteiger partial charge in [0, 0.05) is 24.6 Å². The lowest BCUT2D eigenvalue weighted by molar-refractivity contribution is 0.236. The number of hydrogen-bond donors (Lipinski definition) is 1. The third kappa shape index (κ3) is 3.03. The van der Waals surface area contributed by atoms with Gasteiger partial charge in [0.2, 0.25) is 0 Å². The standard InChI is InChI=1S/C18H22N4OS/c1-2-5-14-10-15(21-23-14)16-6-3-8-22(16)12-13-11-19-20-18(13)17-7-4-9-24-17/h4,7,9-11,16H,2-3,5-6,8,12H2,1H3,(H,19,20)/t16-/m0/s1. The first kappa shape index (κ1) is 15.6. The summed E-state index contributed by atoms with van der Waals surface area (Å²) in [7, 11) is 0. The third-order valence-electron chi connectivity index (χ3n) is 4.64. The molecule has 1 atom stereocenters. The number of thiophene rings is 1. The van der Waals surface area contributed by atoms with Crippen molar-refractivity contribution in [1.29, 1.82) is 0 Å². The molecule has 1 aliphatic rings.